The minimum absolute atomic E-state index is 0.0124. The Morgan fingerprint density at radius 3 is 2.40 bits per heavy atom. The van der Waals surface area contributed by atoms with E-state index >= 15 is 0 Å². The summed E-state index contributed by atoms with van der Waals surface area (Å²) in [7, 11) is 0. The van der Waals surface area contributed by atoms with E-state index in [1.54, 1.807) is 47.0 Å². The molecule has 0 bridgehead atoms. The molecular formula is C23H31N3O4. The number of phenolic OH excluding ortho intramolecular Hbond substituents is 1. The van der Waals surface area contributed by atoms with Gasteiger partial charge in [-0.05, 0) is 76.6 Å². The minimum atomic E-state index is -0.506. The van der Waals surface area contributed by atoms with Crippen LogP contribution in [0.3, 0.4) is 0 Å². The summed E-state index contributed by atoms with van der Waals surface area (Å²) in [6, 6.07) is 6.34. The van der Waals surface area contributed by atoms with Gasteiger partial charge in [0.05, 0.1) is 12.3 Å². The van der Waals surface area contributed by atoms with Gasteiger partial charge in [-0.3, -0.25) is 9.69 Å². The average molecular weight is 414 g/mol. The molecule has 1 fully saturated rings. The summed E-state index contributed by atoms with van der Waals surface area (Å²) < 4.78 is 6.78. The van der Waals surface area contributed by atoms with Crippen molar-refractivity contribution in [2.24, 2.45) is 11.8 Å². The molecule has 7 nitrogen and oxygen atoms in total. The van der Waals surface area contributed by atoms with E-state index in [0.717, 1.165) is 25.7 Å². The highest BCUT2D eigenvalue weighted by atomic mass is 16.5. The molecule has 0 radical (unpaired) electrons. The van der Waals surface area contributed by atoms with Gasteiger partial charge in [0, 0.05) is 18.2 Å². The van der Waals surface area contributed by atoms with Crippen molar-refractivity contribution in [3.05, 3.63) is 36.0 Å². The fourth-order valence-electron chi connectivity index (χ4n) is 3.94. The monoisotopic (exact) mass is 413 g/mol. The zero-order chi connectivity index (χ0) is 21.8. The molecular weight excluding hydrogens is 382 g/mol. The molecule has 1 saturated carbocycles. The minimum Gasteiger partial charge on any atom is -0.508 e. The van der Waals surface area contributed by atoms with Crippen LogP contribution >= 0.6 is 0 Å². The van der Waals surface area contributed by atoms with Crippen LogP contribution in [0, 0.1) is 11.8 Å². The second kappa shape index (κ2) is 9.32. The van der Waals surface area contributed by atoms with Gasteiger partial charge in [-0.15, -0.1) is 5.10 Å². The largest absolute Gasteiger partial charge is 0.508 e. The van der Waals surface area contributed by atoms with Crippen molar-refractivity contribution in [2.45, 2.75) is 59.4 Å². The fraction of sp³-hybridized carbons (Fsp3) is 0.522. The molecule has 1 aromatic carbocycles. The summed E-state index contributed by atoms with van der Waals surface area (Å²) in [6.45, 7) is 8.06. The lowest BCUT2D eigenvalue weighted by Gasteiger charge is -2.32. The Balaban J connectivity index is 2.01. The van der Waals surface area contributed by atoms with E-state index in [1.165, 1.54) is 0 Å². The van der Waals surface area contributed by atoms with Gasteiger partial charge in [-0.25, -0.2) is 9.48 Å². The van der Waals surface area contributed by atoms with Crippen LogP contribution < -0.4 is 4.90 Å². The van der Waals surface area contributed by atoms with Crippen LogP contribution in [0.15, 0.2) is 30.5 Å². The van der Waals surface area contributed by atoms with Gasteiger partial charge in [0.15, 0.2) is 5.82 Å². The Kier molecular flexibility index (Phi) is 6.80. The number of hydrogen-bond acceptors (Lipinski definition) is 5. The number of benzene rings is 1. The molecule has 1 N–H and O–H groups in total. The third kappa shape index (κ3) is 4.66. The Morgan fingerprint density at radius 1 is 1.20 bits per heavy atom. The fourth-order valence-corrected chi connectivity index (χ4v) is 3.94. The molecule has 0 atom stereocenters. The second-order valence-corrected chi connectivity index (χ2v) is 8.31. The Morgan fingerprint density at radius 2 is 1.83 bits per heavy atom. The van der Waals surface area contributed by atoms with Crippen molar-refractivity contribution in [2.75, 3.05) is 11.5 Å². The molecule has 1 aliphatic rings. The van der Waals surface area contributed by atoms with Gasteiger partial charge in [-0.1, -0.05) is 6.92 Å². The van der Waals surface area contributed by atoms with E-state index in [0.29, 0.717) is 17.4 Å². The number of phenols is 1. The molecule has 1 heterocycles. The number of ether oxygens (including phenoxy) is 1. The van der Waals surface area contributed by atoms with Crippen LogP contribution in [0.4, 0.5) is 5.82 Å². The number of hydrogen-bond donors (Lipinski definition) is 1. The van der Waals surface area contributed by atoms with Crippen molar-refractivity contribution in [3.8, 4) is 11.4 Å². The van der Waals surface area contributed by atoms with Crippen molar-refractivity contribution in [3.63, 3.8) is 0 Å². The Labute approximate surface area is 177 Å². The number of carbonyl (C=O) groups excluding carboxylic acids is 2. The second-order valence-electron chi connectivity index (χ2n) is 8.31. The average Bonchev–Trinajstić information content (AvgIpc) is 3.14. The molecule has 7 heteroatoms. The first-order chi connectivity index (χ1) is 14.3. The summed E-state index contributed by atoms with van der Waals surface area (Å²) in [5.74, 6) is 0.553. The summed E-state index contributed by atoms with van der Waals surface area (Å²) in [4.78, 5) is 27.8. The van der Waals surface area contributed by atoms with Crippen molar-refractivity contribution < 1.29 is 19.4 Å². The van der Waals surface area contributed by atoms with Crippen molar-refractivity contribution in [1.29, 1.82) is 0 Å². The number of anilines is 1. The van der Waals surface area contributed by atoms with Gasteiger partial charge >= 0.3 is 5.97 Å². The Hall–Kier alpha value is -2.83. The van der Waals surface area contributed by atoms with E-state index in [1.807, 2.05) is 13.8 Å². The molecule has 1 aliphatic carbocycles. The van der Waals surface area contributed by atoms with Crippen LogP contribution in [-0.4, -0.2) is 39.4 Å². The molecule has 0 spiro atoms. The number of nitrogens with zero attached hydrogens (tertiary/aromatic N) is 3. The topological polar surface area (TPSA) is 84.7 Å². The lowest BCUT2D eigenvalue weighted by atomic mass is 9.82. The predicted octanol–water partition coefficient (Wildman–Crippen LogP) is 4.32. The van der Waals surface area contributed by atoms with Gasteiger partial charge in [0.2, 0.25) is 5.91 Å². The molecule has 30 heavy (non-hydrogen) atoms. The first-order valence-corrected chi connectivity index (χ1v) is 10.7. The van der Waals surface area contributed by atoms with Gasteiger partial charge in [0.25, 0.3) is 0 Å². The van der Waals surface area contributed by atoms with Crippen LogP contribution in [-0.2, 0) is 9.53 Å². The summed E-state index contributed by atoms with van der Waals surface area (Å²) in [5, 5.41) is 14.2. The van der Waals surface area contributed by atoms with Crippen LogP contribution in [0.2, 0.25) is 0 Å². The van der Waals surface area contributed by atoms with Gasteiger partial charge in [-0.2, -0.15) is 0 Å². The highest BCUT2D eigenvalue weighted by Gasteiger charge is 2.34. The zero-order valence-electron chi connectivity index (χ0n) is 18.2. The number of aromatic hydroxyl groups is 1. The molecule has 3 rings (SSSR count). The third-order valence-electron chi connectivity index (χ3n) is 5.65. The lowest BCUT2D eigenvalue weighted by molar-refractivity contribution is -0.124. The maximum absolute atomic E-state index is 13.5. The van der Waals surface area contributed by atoms with E-state index in [-0.39, 0.29) is 35.8 Å². The van der Waals surface area contributed by atoms with Crippen LogP contribution in [0.5, 0.6) is 5.75 Å². The predicted molar refractivity (Wildman–Crippen MR) is 115 cm³/mol. The van der Waals surface area contributed by atoms with E-state index in [2.05, 4.69) is 12.0 Å². The number of rotatable bonds is 6. The molecule has 0 unspecified atom stereocenters. The number of aromatic nitrogens is 2. The first kappa shape index (κ1) is 21.9. The number of carbonyl (C=O) groups is 2. The van der Waals surface area contributed by atoms with Crippen LogP contribution in [0.1, 0.15) is 63.7 Å². The van der Waals surface area contributed by atoms with E-state index in [9.17, 15) is 14.7 Å². The van der Waals surface area contributed by atoms with E-state index in [4.69, 9.17) is 4.74 Å². The third-order valence-corrected chi connectivity index (χ3v) is 5.65. The summed E-state index contributed by atoms with van der Waals surface area (Å²) >= 11 is 0. The smallest absolute Gasteiger partial charge is 0.343 e. The molecule has 0 aliphatic heterocycles. The summed E-state index contributed by atoms with van der Waals surface area (Å²) in [5.41, 5.74) is 0.934. The maximum atomic E-state index is 13.5. The quantitative estimate of drug-likeness (QED) is 0.713. The Bertz CT molecular complexity index is 880. The molecule has 1 aromatic heterocycles. The van der Waals surface area contributed by atoms with Gasteiger partial charge < -0.3 is 9.84 Å². The summed E-state index contributed by atoms with van der Waals surface area (Å²) in [6.07, 6.45) is 5.38. The number of esters is 1. The molecule has 1 amide bonds. The zero-order valence-corrected chi connectivity index (χ0v) is 18.2. The van der Waals surface area contributed by atoms with Gasteiger partial charge in [0.1, 0.15) is 11.3 Å². The van der Waals surface area contributed by atoms with Crippen molar-refractivity contribution >= 4 is 17.7 Å². The molecule has 162 valence electrons. The normalized spacial score (nSPS) is 19.0. The number of amides is 1. The lowest BCUT2D eigenvalue weighted by Crippen LogP contribution is -2.43. The first-order valence-electron chi connectivity index (χ1n) is 10.7. The van der Waals surface area contributed by atoms with Crippen molar-refractivity contribution in [1.82, 2.24) is 9.78 Å². The molecule has 0 saturated heterocycles. The SMILES string of the molecule is CCOC(=O)c1cn(-c2ccc(O)cc2)nc1N(C(=O)C1CCC(C)CC1)C(C)C. The highest BCUT2D eigenvalue weighted by molar-refractivity contribution is 6.02. The van der Waals surface area contributed by atoms with Crippen LogP contribution in [0.25, 0.3) is 5.69 Å². The van der Waals surface area contributed by atoms with E-state index < -0.39 is 5.97 Å². The highest BCUT2D eigenvalue weighted by Crippen LogP contribution is 2.33. The maximum Gasteiger partial charge on any atom is 0.343 e. The standard InChI is InChI=1S/C23H31N3O4/c1-5-30-23(29)20-14-25(18-10-12-19(27)13-11-18)24-21(20)26(15(2)3)22(28)17-8-6-16(4)7-9-17/h10-17,27H,5-9H2,1-4H3. The molecule has 2 aromatic rings.